The number of fused-ring (bicyclic) bond motifs is 3. The van der Waals surface area contributed by atoms with E-state index < -0.39 is 5.82 Å². The number of rotatable bonds is 2. The highest BCUT2D eigenvalue weighted by Crippen LogP contribution is 2.38. The van der Waals surface area contributed by atoms with Crippen LogP contribution in [0.25, 0.3) is 27.9 Å². The molecule has 30 heavy (non-hydrogen) atoms. The van der Waals surface area contributed by atoms with E-state index in [0.29, 0.717) is 24.3 Å². The van der Waals surface area contributed by atoms with Gasteiger partial charge in [0.1, 0.15) is 24.0 Å². The second-order valence-electron chi connectivity index (χ2n) is 7.06. The number of nitrogens with zero attached hydrogens (tertiary/aromatic N) is 7. The van der Waals surface area contributed by atoms with E-state index in [-0.39, 0.29) is 5.02 Å². The molecule has 9 heteroatoms. The summed E-state index contributed by atoms with van der Waals surface area (Å²) in [6, 6.07) is 6.96. The van der Waals surface area contributed by atoms with Gasteiger partial charge in [-0.1, -0.05) is 11.6 Å². The van der Waals surface area contributed by atoms with Gasteiger partial charge in [0.2, 0.25) is 0 Å². The Hall–Kier alpha value is -3.65. The van der Waals surface area contributed by atoms with Crippen LogP contribution in [0.3, 0.4) is 0 Å². The van der Waals surface area contributed by atoms with Crippen LogP contribution in [-0.4, -0.2) is 35.9 Å². The third-order valence-corrected chi connectivity index (χ3v) is 5.58. The van der Waals surface area contributed by atoms with Gasteiger partial charge in [0.25, 0.3) is 0 Å². The van der Waals surface area contributed by atoms with E-state index in [1.807, 2.05) is 27.6 Å². The zero-order valence-electron chi connectivity index (χ0n) is 15.5. The number of imidazole rings is 1. The Morgan fingerprint density at radius 3 is 2.93 bits per heavy atom. The van der Waals surface area contributed by atoms with Gasteiger partial charge in [0.15, 0.2) is 11.5 Å². The molecular weight excluding hydrogens is 405 g/mol. The van der Waals surface area contributed by atoms with Crippen molar-refractivity contribution in [3.05, 3.63) is 71.9 Å². The van der Waals surface area contributed by atoms with E-state index in [4.69, 9.17) is 16.6 Å². The van der Waals surface area contributed by atoms with Gasteiger partial charge < -0.3 is 4.90 Å². The molecule has 1 aliphatic heterocycles. The fourth-order valence-electron chi connectivity index (χ4n) is 3.84. The Kier molecular flexibility index (Phi) is 3.69. The van der Waals surface area contributed by atoms with E-state index in [0.717, 1.165) is 33.7 Å². The maximum absolute atomic E-state index is 13.9. The molecule has 0 N–H and O–H groups in total. The summed E-state index contributed by atoms with van der Waals surface area (Å²) in [5.41, 5.74) is 5.49. The fraction of sp³-hybridized carbons (Fsp3) is 0.0952. The van der Waals surface area contributed by atoms with Crippen molar-refractivity contribution in [2.75, 3.05) is 11.4 Å². The maximum Gasteiger partial charge on any atom is 0.163 e. The Labute approximate surface area is 174 Å². The van der Waals surface area contributed by atoms with Crippen LogP contribution in [0.1, 0.15) is 5.56 Å². The molecule has 0 unspecified atom stereocenters. The predicted octanol–water partition coefficient (Wildman–Crippen LogP) is 4.22. The Balaban J connectivity index is 1.51. The molecule has 0 aliphatic carbocycles. The van der Waals surface area contributed by atoms with Crippen molar-refractivity contribution in [1.82, 2.24) is 29.3 Å². The molecule has 0 saturated heterocycles. The van der Waals surface area contributed by atoms with Crippen LogP contribution in [0.2, 0.25) is 5.02 Å². The lowest BCUT2D eigenvalue weighted by Gasteiger charge is -2.19. The summed E-state index contributed by atoms with van der Waals surface area (Å²) in [7, 11) is 0. The van der Waals surface area contributed by atoms with Gasteiger partial charge in [-0.2, -0.15) is 0 Å². The van der Waals surface area contributed by atoms with E-state index in [1.165, 1.54) is 12.4 Å². The number of hydrogen-bond acceptors (Lipinski definition) is 6. The van der Waals surface area contributed by atoms with Gasteiger partial charge in [-0.15, -0.1) is 0 Å². The van der Waals surface area contributed by atoms with Crippen LogP contribution >= 0.6 is 11.6 Å². The van der Waals surface area contributed by atoms with Crippen molar-refractivity contribution in [3.8, 4) is 11.3 Å². The highest BCUT2D eigenvalue weighted by molar-refractivity contribution is 6.31. The smallest absolute Gasteiger partial charge is 0.163 e. The summed E-state index contributed by atoms with van der Waals surface area (Å²) in [6.45, 7) is 0.662. The third-order valence-electron chi connectivity index (χ3n) is 5.29. The first-order chi connectivity index (χ1) is 14.7. The summed E-state index contributed by atoms with van der Waals surface area (Å²) in [6.07, 6.45) is 9.31. The molecule has 5 aromatic rings. The summed E-state index contributed by atoms with van der Waals surface area (Å²) in [4.78, 5) is 24.2. The van der Waals surface area contributed by atoms with E-state index in [2.05, 4.69) is 19.9 Å². The monoisotopic (exact) mass is 417 g/mol. The van der Waals surface area contributed by atoms with Crippen molar-refractivity contribution in [2.24, 2.45) is 0 Å². The van der Waals surface area contributed by atoms with Gasteiger partial charge in [0, 0.05) is 30.2 Å². The minimum absolute atomic E-state index is 0.0902. The highest BCUT2D eigenvalue weighted by atomic mass is 35.5. The Morgan fingerprint density at radius 2 is 2.00 bits per heavy atom. The van der Waals surface area contributed by atoms with E-state index in [1.54, 1.807) is 24.8 Å². The lowest BCUT2D eigenvalue weighted by Crippen LogP contribution is -2.16. The Bertz CT molecular complexity index is 1450. The van der Waals surface area contributed by atoms with Crippen LogP contribution in [-0.2, 0) is 6.42 Å². The minimum Gasteiger partial charge on any atom is -0.324 e. The maximum atomic E-state index is 13.9. The third kappa shape index (κ3) is 2.61. The molecular formula is C21H13ClFN7. The lowest BCUT2D eigenvalue weighted by molar-refractivity contribution is 0.627. The summed E-state index contributed by atoms with van der Waals surface area (Å²) >= 11 is 6.04. The molecule has 0 radical (unpaired) electrons. The molecule has 4 aromatic heterocycles. The quantitative estimate of drug-likeness (QED) is 0.428. The molecule has 1 aromatic carbocycles. The van der Waals surface area contributed by atoms with Crippen LogP contribution in [0, 0.1) is 5.82 Å². The zero-order valence-corrected chi connectivity index (χ0v) is 16.3. The summed E-state index contributed by atoms with van der Waals surface area (Å²) < 4.78 is 15.7. The van der Waals surface area contributed by atoms with Gasteiger partial charge in [0.05, 0.1) is 22.4 Å². The van der Waals surface area contributed by atoms with Gasteiger partial charge in [-0.25, -0.2) is 29.3 Å². The van der Waals surface area contributed by atoms with Crippen LogP contribution in [0.15, 0.2) is 55.5 Å². The average Bonchev–Trinajstić information content (AvgIpc) is 3.39. The first-order valence-electron chi connectivity index (χ1n) is 9.33. The molecule has 0 amide bonds. The molecule has 0 spiro atoms. The normalized spacial score (nSPS) is 13.3. The number of pyridine rings is 1. The van der Waals surface area contributed by atoms with Crippen LogP contribution in [0.5, 0.6) is 0 Å². The molecule has 0 saturated carbocycles. The van der Waals surface area contributed by atoms with Crippen molar-refractivity contribution in [1.29, 1.82) is 0 Å². The van der Waals surface area contributed by atoms with Gasteiger partial charge >= 0.3 is 0 Å². The first kappa shape index (κ1) is 17.2. The van der Waals surface area contributed by atoms with Gasteiger partial charge in [-0.05, 0) is 36.2 Å². The molecule has 0 bridgehead atoms. The van der Waals surface area contributed by atoms with Gasteiger partial charge in [-0.3, -0.25) is 4.40 Å². The van der Waals surface area contributed by atoms with E-state index >= 15 is 0 Å². The van der Waals surface area contributed by atoms with Crippen LogP contribution < -0.4 is 4.90 Å². The highest BCUT2D eigenvalue weighted by Gasteiger charge is 2.25. The molecule has 7 nitrogen and oxygen atoms in total. The molecule has 5 heterocycles. The van der Waals surface area contributed by atoms with Crippen molar-refractivity contribution >= 4 is 39.8 Å². The molecule has 0 fully saturated rings. The second kappa shape index (κ2) is 6.43. The minimum atomic E-state index is -0.410. The predicted molar refractivity (Wildman–Crippen MR) is 111 cm³/mol. The average molecular weight is 418 g/mol. The van der Waals surface area contributed by atoms with Crippen LogP contribution in [0.4, 0.5) is 15.9 Å². The first-order valence-corrected chi connectivity index (χ1v) is 9.70. The Morgan fingerprint density at radius 1 is 1.07 bits per heavy atom. The SMILES string of the molecule is Fc1cc2c(cc1Cl)N(c1ncnc3ccc(-c4cnc5cncn5c4)nc13)CC2. The van der Waals surface area contributed by atoms with Crippen molar-refractivity contribution in [3.63, 3.8) is 0 Å². The topological polar surface area (TPSA) is 72.1 Å². The number of hydrogen-bond donors (Lipinski definition) is 0. The van der Waals surface area contributed by atoms with Crippen molar-refractivity contribution < 1.29 is 4.39 Å². The largest absolute Gasteiger partial charge is 0.324 e. The standard InChI is InChI=1S/C21H13ClFN7/c22-14-6-18-12(5-15(14)23)3-4-30(18)21-20-17(26-10-27-21)2-1-16(28-20)13-7-25-19-8-24-11-29(19)9-13/h1-2,5-11H,3-4H2. The van der Waals surface area contributed by atoms with Crippen molar-refractivity contribution in [2.45, 2.75) is 6.42 Å². The summed E-state index contributed by atoms with van der Waals surface area (Å²) in [5.74, 6) is 0.257. The number of benzene rings is 1. The lowest BCUT2D eigenvalue weighted by atomic mass is 10.1. The molecule has 6 rings (SSSR count). The zero-order chi connectivity index (χ0) is 20.2. The molecule has 0 atom stereocenters. The fourth-order valence-corrected chi connectivity index (χ4v) is 3.99. The molecule has 1 aliphatic rings. The second-order valence-corrected chi connectivity index (χ2v) is 7.47. The van der Waals surface area contributed by atoms with E-state index in [9.17, 15) is 4.39 Å². The molecule has 146 valence electrons. The summed E-state index contributed by atoms with van der Waals surface area (Å²) in [5, 5.41) is 0.0902. The number of halogens is 2. The number of aromatic nitrogens is 6. The number of anilines is 2.